The minimum absolute atomic E-state index is 0.0351. The van der Waals surface area contributed by atoms with Crippen LogP contribution in [0.15, 0.2) is 18.2 Å². The summed E-state index contributed by atoms with van der Waals surface area (Å²) < 4.78 is 0. The number of benzene rings is 1. The Balaban J connectivity index is 2.09. The van der Waals surface area contributed by atoms with Crippen molar-refractivity contribution in [3.05, 3.63) is 33.8 Å². The molecule has 1 aliphatic rings. The summed E-state index contributed by atoms with van der Waals surface area (Å²) in [7, 11) is 0. The Bertz CT molecular complexity index is 511. The second-order valence-electron chi connectivity index (χ2n) is 4.42. The molecule has 0 saturated carbocycles. The highest BCUT2D eigenvalue weighted by Crippen LogP contribution is 2.22. The summed E-state index contributed by atoms with van der Waals surface area (Å²) >= 11 is 11.9. The Morgan fingerprint density at radius 1 is 1.05 bits per heavy atom. The van der Waals surface area contributed by atoms with Crippen LogP contribution >= 0.6 is 23.2 Å². The van der Waals surface area contributed by atoms with Gasteiger partial charge in [-0.25, -0.2) is 0 Å². The average Bonchev–Trinajstić information content (AvgIpc) is 2.41. The van der Waals surface area contributed by atoms with Crippen LogP contribution in [0.4, 0.5) is 0 Å². The molecule has 0 aliphatic carbocycles. The molecule has 1 aliphatic heterocycles. The lowest BCUT2D eigenvalue weighted by Crippen LogP contribution is -2.50. The van der Waals surface area contributed by atoms with Crippen LogP contribution in [0.5, 0.6) is 0 Å². The first-order valence-corrected chi connectivity index (χ1v) is 6.74. The van der Waals surface area contributed by atoms with Gasteiger partial charge < -0.3 is 9.80 Å². The molecule has 19 heavy (non-hydrogen) atoms. The third kappa shape index (κ3) is 3.19. The standard InChI is InChI=1S/C13H14Cl2N2O2/c1-9(18)16-4-6-17(7-5-16)13(19)11-8-10(14)2-3-12(11)15/h2-3,8H,4-7H2,1H3. The van der Waals surface area contributed by atoms with Gasteiger partial charge in [0.2, 0.25) is 5.91 Å². The van der Waals surface area contributed by atoms with E-state index in [-0.39, 0.29) is 11.8 Å². The van der Waals surface area contributed by atoms with E-state index in [4.69, 9.17) is 23.2 Å². The maximum Gasteiger partial charge on any atom is 0.255 e. The van der Waals surface area contributed by atoms with Gasteiger partial charge in [-0.15, -0.1) is 0 Å². The fraction of sp³-hybridized carbons (Fsp3) is 0.385. The van der Waals surface area contributed by atoms with E-state index in [0.29, 0.717) is 41.8 Å². The fourth-order valence-electron chi connectivity index (χ4n) is 2.06. The van der Waals surface area contributed by atoms with Gasteiger partial charge in [0.25, 0.3) is 5.91 Å². The van der Waals surface area contributed by atoms with E-state index in [2.05, 4.69) is 0 Å². The summed E-state index contributed by atoms with van der Waals surface area (Å²) in [4.78, 5) is 27.0. The lowest BCUT2D eigenvalue weighted by atomic mass is 10.2. The number of carbonyl (C=O) groups is 2. The van der Waals surface area contributed by atoms with Gasteiger partial charge in [-0.1, -0.05) is 23.2 Å². The molecular formula is C13H14Cl2N2O2. The van der Waals surface area contributed by atoms with Crippen molar-refractivity contribution in [1.29, 1.82) is 0 Å². The van der Waals surface area contributed by atoms with Crippen molar-refractivity contribution in [1.82, 2.24) is 9.80 Å². The van der Waals surface area contributed by atoms with Gasteiger partial charge in [0.15, 0.2) is 0 Å². The van der Waals surface area contributed by atoms with Crippen LogP contribution in [-0.2, 0) is 4.79 Å². The zero-order valence-corrected chi connectivity index (χ0v) is 12.0. The Hall–Kier alpha value is -1.26. The Morgan fingerprint density at radius 3 is 2.21 bits per heavy atom. The summed E-state index contributed by atoms with van der Waals surface area (Å²) in [5.74, 6) is -0.108. The monoisotopic (exact) mass is 300 g/mol. The fourth-order valence-corrected chi connectivity index (χ4v) is 2.43. The lowest BCUT2D eigenvalue weighted by molar-refractivity contribution is -0.130. The molecule has 0 radical (unpaired) electrons. The van der Waals surface area contributed by atoms with Crippen LogP contribution in [0.2, 0.25) is 10.0 Å². The van der Waals surface area contributed by atoms with Crippen molar-refractivity contribution in [3.8, 4) is 0 Å². The molecule has 1 fully saturated rings. The van der Waals surface area contributed by atoms with Crippen LogP contribution in [0, 0.1) is 0 Å². The lowest BCUT2D eigenvalue weighted by Gasteiger charge is -2.34. The number of nitrogens with zero attached hydrogens (tertiary/aromatic N) is 2. The van der Waals surface area contributed by atoms with Crippen molar-refractivity contribution in [2.24, 2.45) is 0 Å². The zero-order valence-electron chi connectivity index (χ0n) is 10.5. The second kappa shape index (κ2) is 5.80. The number of carbonyl (C=O) groups excluding carboxylic acids is 2. The summed E-state index contributed by atoms with van der Waals surface area (Å²) in [6.07, 6.45) is 0. The molecule has 1 saturated heterocycles. The molecule has 0 N–H and O–H groups in total. The summed E-state index contributed by atoms with van der Waals surface area (Å²) in [5, 5.41) is 0.874. The van der Waals surface area contributed by atoms with Gasteiger partial charge in [-0.05, 0) is 18.2 Å². The first-order valence-electron chi connectivity index (χ1n) is 5.99. The number of halogens is 2. The van der Waals surface area contributed by atoms with Crippen LogP contribution in [-0.4, -0.2) is 47.8 Å². The van der Waals surface area contributed by atoms with E-state index in [1.165, 1.54) is 6.92 Å². The number of hydrogen-bond acceptors (Lipinski definition) is 2. The molecule has 0 unspecified atom stereocenters. The van der Waals surface area contributed by atoms with E-state index in [1.54, 1.807) is 28.0 Å². The van der Waals surface area contributed by atoms with E-state index in [1.807, 2.05) is 0 Å². The van der Waals surface area contributed by atoms with E-state index >= 15 is 0 Å². The van der Waals surface area contributed by atoms with Gasteiger partial charge in [0.05, 0.1) is 10.6 Å². The molecule has 0 spiro atoms. The molecule has 1 aromatic rings. The smallest absolute Gasteiger partial charge is 0.255 e. The maximum absolute atomic E-state index is 12.3. The molecular weight excluding hydrogens is 287 g/mol. The first-order chi connectivity index (χ1) is 8.99. The first kappa shape index (κ1) is 14.2. The van der Waals surface area contributed by atoms with Crippen LogP contribution in [0.3, 0.4) is 0 Å². The molecule has 0 bridgehead atoms. The van der Waals surface area contributed by atoms with E-state index < -0.39 is 0 Å². The van der Waals surface area contributed by atoms with Crippen molar-refractivity contribution >= 4 is 35.0 Å². The Morgan fingerprint density at radius 2 is 1.63 bits per heavy atom. The second-order valence-corrected chi connectivity index (χ2v) is 5.27. The molecule has 4 nitrogen and oxygen atoms in total. The highest BCUT2D eigenvalue weighted by molar-refractivity contribution is 6.35. The van der Waals surface area contributed by atoms with Crippen molar-refractivity contribution in [2.75, 3.05) is 26.2 Å². The van der Waals surface area contributed by atoms with Gasteiger partial charge in [0, 0.05) is 38.1 Å². The maximum atomic E-state index is 12.3. The van der Waals surface area contributed by atoms with Crippen LogP contribution in [0.1, 0.15) is 17.3 Å². The Labute approximate surface area is 121 Å². The molecule has 1 aromatic carbocycles. The Kier molecular flexibility index (Phi) is 4.32. The van der Waals surface area contributed by atoms with E-state index in [9.17, 15) is 9.59 Å². The highest BCUT2D eigenvalue weighted by atomic mass is 35.5. The predicted molar refractivity (Wildman–Crippen MR) is 74.6 cm³/mol. The third-order valence-electron chi connectivity index (χ3n) is 3.17. The molecule has 2 amide bonds. The summed E-state index contributed by atoms with van der Waals surface area (Å²) in [6, 6.07) is 4.83. The van der Waals surface area contributed by atoms with E-state index in [0.717, 1.165) is 0 Å². The molecule has 102 valence electrons. The summed E-state index contributed by atoms with van der Waals surface area (Å²) in [5.41, 5.74) is 0.408. The van der Waals surface area contributed by atoms with Crippen molar-refractivity contribution in [3.63, 3.8) is 0 Å². The minimum atomic E-state index is -0.143. The number of rotatable bonds is 1. The quantitative estimate of drug-likeness (QED) is 0.798. The number of piperazine rings is 1. The van der Waals surface area contributed by atoms with Crippen LogP contribution < -0.4 is 0 Å². The third-order valence-corrected chi connectivity index (χ3v) is 3.74. The van der Waals surface area contributed by atoms with Crippen molar-refractivity contribution in [2.45, 2.75) is 6.92 Å². The van der Waals surface area contributed by atoms with Gasteiger partial charge in [0.1, 0.15) is 0 Å². The molecule has 6 heteroatoms. The largest absolute Gasteiger partial charge is 0.339 e. The van der Waals surface area contributed by atoms with Gasteiger partial charge in [-0.2, -0.15) is 0 Å². The number of hydrogen-bond donors (Lipinski definition) is 0. The predicted octanol–water partition coefficient (Wildman–Crippen LogP) is 2.30. The summed E-state index contributed by atoms with van der Waals surface area (Å²) in [6.45, 7) is 3.67. The molecule has 2 rings (SSSR count). The van der Waals surface area contributed by atoms with Gasteiger partial charge in [-0.3, -0.25) is 9.59 Å². The molecule has 0 atom stereocenters. The van der Waals surface area contributed by atoms with Crippen LogP contribution in [0.25, 0.3) is 0 Å². The zero-order chi connectivity index (χ0) is 14.0. The highest BCUT2D eigenvalue weighted by Gasteiger charge is 2.24. The normalized spacial score (nSPS) is 15.5. The average molecular weight is 301 g/mol. The SMILES string of the molecule is CC(=O)N1CCN(C(=O)c2cc(Cl)ccc2Cl)CC1. The minimum Gasteiger partial charge on any atom is -0.339 e. The molecule has 1 heterocycles. The van der Waals surface area contributed by atoms with Gasteiger partial charge >= 0.3 is 0 Å². The number of amides is 2. The topological polar surface area (TPSA) is 40.6 Å². The van der Waals surface area contributed by atoms with Crippen molar-refractivity contribution < 1.29 is 9.59 Å². The molecule has 0 aromatic heterocycles.